The second-order valence-electron chi connectivity index (χ2n) is 8.39. The number of carbonyl (C=O) groups is 1. The van der Waals surface area contributed by atoms with E-state index in [1.54, 1.807) is 41.7 Å². The summed E-state index contributed by atoms with van der Waals surface area (Å²) >= 11 is 0. The first-order valence-corrected chi connectivity index (χ1v) is 11.7. The average Bonchev–Trinajstić information content (AvgIpc) is 3.33. The number of hydrogen-bond acceptors (Lipinski definition) is 5. The number of benzene rings is 2. The molecule has 1 amide bonds. The van der Waals surface area contributed by atoms with Gasteiger partial charge in [-0.05, 0) is 61.6 Å². The number of aryl methyl sites for hydroxylation is 1. The van der Waals surface area contributed by atoms with E-state index in [0.29, 0.717) is 29.3 Å². The van der Waals surface area contributed by atoms with Gasteiger partial charge in [-0.1, -0.05) is 17.7 Å². The summed E-state index contributed by atoms with van der Waals surface area (Å²) in [7, 11) is -1.93. The van der Waals surface area contributed by atoms with Crippen molar-refractivity contribution in [1.29, 1.82) is 0 Å². The van der Waals surface area contributed by atoms with Gasteiger partial charge in [-0.2, -0.15) is 4.31 Å². The fraction of sp³-hybridized carbons (Fsp3) is 0.348. The number of furan rings is 1. The van der Waals surface area contributed by atoms with Crippen LogP contribution in [0.25, 0.3) is 11.0 Å². The van der Waals surface area contributed by atoms with Gasteiger partial charge in [0, 0.05) is 24.5 Å². The number of amides is 1. The zero-order valence-electron chi connectivity index (χ0n) is 17.4. The molecule has 2 aliphatic rings. The van der Waals surface area contributed by atoms with Gasteiger partial charge >= 0.3 is 0 Å². The quantitative estimate of drug-likeness (QED) is 0.658. The Hall–Kier alpha value is -2.84. The van der Waals surface area contributed by atoms with Crippen LogP contribution in [0.15, 0.2) is 57.8 Å². The fourth-order valence-corrected chi connectivity index (χ4v) is 6.12. The number of rotatable bonds is 5. The van der Waals surface area contributed by atoms with Gasteiger partial charge in [0.15, 0.2) is 5.76 Å². The van der Waals surface area contributed by atoms with E-state index in [1.807, 2.05) is 25.1 Å². The summed E-state index contributed by atoms with van der Waals surface area (Å²) in [5.41, 5.74) is 1.64. The van der Waals surface area contributed by atoms with Gasteiger partial charge in [-0.25, -0.2) is 8.42 Å². The predicted molar refractivity (Wildman–Crippen MR) is 116 cm³/mol. The molecule has 1 aliphatic heterocycles. The first-order valence-electron chi connectivity index (χ1n) is 10.3. The lowest BCUT2D eigenvalue weighted by molar-refractivity contribution is 0.0807. The summed E-state index contributed by atoms with van der Waals surface area (Å²) in [5.74, 6) is 1.05. The maximum Gasteiger partial charge on any atom is 0.287 e. The van der Waals surface area contributed by atoms with Crippen LogP contribution in [0, 0.1) is 18.8 Å². The summed E-state index contributed by atoms with van der Waals surface area (Å²) in [6, 6.07) is 13.9. The molecule has 0 unspecified atom stereocenters. The molecule has 2 aromatic carbocycles. The molecule has 0 spiro atoms. The molecule has 1 N–H and O–H groups in total. The maximum absolute atomic E-state index is 13.0. The van der Waals surface area contributed by atoms with Gasteiger partial charge in [0.25, 0.3) is 5.91 Å². The van der Waals surface area contributed by atoms with Crippen molar-refractivity contribution in [3.63, 3.8) is 0 Å². The molecule has 0 radical (unpaired) electrons. The van der Waals surface area contributed by atoms with Crippen LogP contribution >= 0.6 is 0 Å². The van der Waals surface area contributed by atoms with E-state index in [0.717, 1.165) is 17.4 Å². The van der Waals surface area contributed by atoms with E-state index in [1.165, 1.54) is 0 Å². The van der Waals surface area contributed by atoms with Crippen LogP contribution in [0.2, 0.25) is 0 Å². The Morgan fingerprint density at radius 1 is 1.13 bits per heavy atom. The molecular formula is C23H24N2O5S. The molecule has 1 aliphatic carbocycles. The van der Waals surface area contributed by atoms with E-state index in [-0.39, 0.29) is 29.5 Å². The third-order valence-corrected chi connectivity index (χ3v) is 8.30. The molecule has 1 saturated carbocycles. The number of nitrogens with zero attached hydrogens (tertiary/aromatic N) is 1. The Labute approximate surface area is 181 Å². The lowest BCUT2D eigenvalue weighted by Gasteiger charge is -2.39. The summed E-state index contributed by atoms with van der Waals surface area (Å²) in [5, 5.41) is 3.83. The van der Waals surface area contributed by atoms with Gasteiger partial charge < -0.3 is 14.5 Å². The number of sulfonamides is 1. The monoisotopic (exact) mass is 440 g/mol. The Balaban J connectivity index is 1.26. The third kappa shape index (κ3) is 3.49. The van der Waals surface area contributed by atoms with Crippen molar-refractivity contribution in [1.82, 2.24) is 9.62 Å². The van der Waals surface area contributed by atoms with Crippen molar-refractivity contribution >= 4 is 26.9 Å². The van der Waals surface area contributed by atoms with Crippen molar-refractivity contribution in [3.05, 3.63) is 59.9 Å². The molecule has 3 atom stereocenters. The highest BCUT2D eigenvalue weighted by Crippen LogP contribution is 2.43. The van der Waals surface area contributed by atoms with Gasteiger partial charge in [-0.15, -0.1) is 0 Å². The van der Waals surface area contributed by atoms with Gasteiger partial charge in [-0.3, -0.25) is 4.79 Å². The Kier molecular flexibility index (Phi) is 4.79. The topological polar surface area (TPSA) is 88.8 Å². The Morgan fingerprint density at radius 2 is 1.90 bits per heavy atom. The highest BCUT2D eigenvalue weighted by atomic mass is 32.2. The molecule has 1 aromatic heterocycles. The van der Waals surface area contributed by atoms with E-state index in [9.17, 15) is 13.2 Å². The fourth-order valence-electron chi connectivity index (χ4n) is 4.59. The molecular weight excluding hydrogens is 416 g/mol. The van der Waals surface area contributed by atoms with Crippen molar-refractivity contribution in [2.45, 2.75) is 24.3 Å². The van der Waals surface area contributed by atoms with Crippen molar-refractivity contribution in [2.75, 3.05) is 20.2 Å². The van der Waals surface area contributed by atoms with E-state index >= 15 is 0 Å². The van der Waals surface area contributed by atoms with Crippen molar-refractivity contribution < 1.29 is 22.4 Å². The molecule has 8 heteroatoms. The van der Waals surface area contributed by atoms with Crippen LogP contribution in [-0.2, 0) is 10.0 Å². The molecule has 0 bridgehead atoms. The second-order valence-corrected chi connectivity index (χ2v) is 10.3. The van der Waals surface area contributed by atoms with Gasteiger partial charge in [0.05, 0.1) is 12.0 Å². The Morgan fingerprint density at radius 3 is 2.65 bits per heavy atom. The molecule has 2 heterocycles. The SMILES string of the molecule is COc1ccc2oc(C(=O)N[C@H]3C[C@@H]4CN(S(=O)(=O)c5ccc(C)cc5)C[C@@H]43)cc2c1. The van der Waals surface area contributed by atoms with Crippen molar-refractivity contribution in [2.24, 2.45) is 11.8 Å². The number of carbonyl (C=O) groups excluding carboxylic acids is 1. The van der Waals surface area contributed by atoms with Crippen LogP contribution in [0.5, 0.6) is 5.75 Å². The standard InChI is InChI=1S/C23H24N2O5S/c1-14-3-6-18(7-4-14)31(27,28)25-12-16-10-20(19(16)13-25)24-23(26)22-11-15-9-17(29-2)5-8-21(15)30-22/h3-9,11,16,19-20H,10,12-13H2,1-2H3,(H,24,26)/t16-,19+,20+/m1/s1. The van der Waals surface area contributed by atoms with Crippen LogP contribution < -0.4 is 10.1 Å². The summed E-state index contributed by atoms with van der Waals surface area (Å²) in [4.78, 5) is 13.0. The van der Waals surface area contributed by atoms with E-state index in [2.05, 4.69) is 5.32 Å². The highest BCUT2D eigenvalue weighted by molar-refractivity contribution is 7.89. The van der Waals surface area contributed by atoms with Gasteiger partial charge in [0.1, 0.15) is 11.3 Å². The van der Waals surface area contributed by atoms with Crippen molar-refractivity contribution in [3.8, 4) is 5.75 Å². The van der Waals surface area contributed by atoms with E-state index < -0.39 is 10.0 Å². The predicted octanol–water partition coefficient (Wildman–Crippen LogP) is 3.19. The first-order chi connectivity index (χ1) is 14.8. The number of hydrogen-bond donors (Lipinski definition) is 1. The zero-order valence-corrected chi connectivity index (χ0v) is 18.2. The molecule has 3 aromatic rings. The largest absolute Gasteiger partial charge is 0.497 e. The lowest BCUT2D eigenvalue weighted by atomic mass is 9.71. The summed E-state index contributed by atoms with van der Waals surface area (Å²) in [6.45, 7) is 2.85. The summed E-state index contributed by atoms with van der Waals surface area (Å²) < 4.78 is 38.4. The van der Waals surface area contributed by atoms with Crippen LogP contribution in [0.4, 0.5) is 0 Å². The zero-order chi connectivity index (χ0) is 21.8. The van der Waals surface area contributed by atoms with Gasteiger partial charge in [0.2, 0.25) is 10.0 Å². The number of fused-ring (bicyclic) bond motifs is 2. The third-order valence-electron chi connectivity index (χ3n) is 6.45. The van der Waals surface area contributed by atoms with Crippen LogP contribution in [0.1, 0.15) is 22.5 Å². The van der Waals surface area contributed by atoms with E-state index in [4.69, 9.17) is 9.15 Å². The average molecular weight is 441 g/mol. The molecule has 7 nitrogen and oxygen atoms in total. The Bertz CT molecular complexity index is 1250. The minimum Gasteiger partial charge on any atom is -0.497 e. The normalized spacial score (nSPS) is 23.4. The molecule has 2 fully saturated rings. The maximum atomic E-state index is 13.0. The molecule has 31 heavy (non-hydrogen) atoms. The smallest absolute Gasteiger partial charge is 0.287 e. The first kappa shape index (κ1) is 20.1. The second kappa shape index (κ2) is 7.39. The van der Waals surface area contributed by atoms with Crippen LogP contribution in [-0.4, -0.2) is 44.9 Å². The lowest BCUT2D eigenvalue weighted by Crippen LogP contribution is -2.51. The molecule has 1 saturated heterocycles. The minimum absolute atomic E-state index is 0.0570. The minimum atomic E-state index is -3.52. The molecule has 5 rings (SSSR count). The number of methoxy groups -OCH3 is 1. The number of nitrogens with one attached hydrogen (secondary N) is 1. The highest BCUT2D eigenvalue weighted by Gasteiger charge is 2.50. The van der Waals surface area contributed by atoms with Crippen LogP contribution in [0.3, 0.4) is 0 Å². The molecule has 162 valence electrons. The number of ether oxygens (including phenoxy) is 1. The summed E-state index contributed by atoms with van der Waals surface area (Å²) in [6.07, 6.45) is 0.768.